The van der Waals surface area contributed by atoms with Gasteiger partial charge in [-0.15, -0.1) is 0 Å². The molecular formula is C14H21N5. The van der Waals surface area contributed by atoms with E-state index >= 15 is 0 Å². The first-order chi connectivity index (χ1) is 9.35. The third-order valence-corrected chi connectivity index (χ3v) is 3.75. The van der Waals surface area contributed by atoms with Gasteiger partial charge in [0.2, 0.25) is 0 Å². The molecule has 1 aliphatic rings. The fraction of sp³-hybridized carbons (Fsp3) is 0.571. The lowest BCUT2D eigenvalue weighted by molar-refractivity contribution is 0.461. The van der Waals surface area contributed by atoms with Crippen LogP contribution in [0.25, 0.3) is 0 Å². The van der Waals surface area contributed by atoms with Crippen molar-refractivity contribution >= 4 is 0 Å². The van der Waals surface area contributed by atoms with Gasteiger partial charge in [-0.2, -0.15) is 5.10 Å². The predicted octanol–water partition coefficient (Wildman–Crippen LogP) is 1.96. The summed E-state index contributed by atoms with van der Waals surface area (Å²) >= 11 is 0. The Labute approximate surface area is 113 Å². The highest BCUT2D eigenvalue weighted by molar-refractivity contribution is 5.04. The fourth-order valence-corrected chi connectivity index (χ4v) is 2.79. The van der Waals surface area contributed by atoms with Gasteiger partial charge in [0, 0.05) is 18.9 Å². The van der Waals surface area contributed by atoms with Crippen molar-refractivity contribution in [3.63, 3.8) is 0 Å². The Hall–Kier alpha value is -1.62. The molecule has 0 saturated heterocycles. The van der Waals surface area contributed by atoms with Gasteiger partial charge in [0.05, 0.1) is 30.3 Å². The van der Waals surface area contributed by atoms with Gasteiger partial charge in [0.15, 0.2) is 0 Å². The predicted molar refractivity (Wildman–Crippen MR) is 73.8 cm³/mol. The van der Waals surface area contributed by atoms with Crippen LogP contribution < -0.4 is 5.32 Å². The fourth-order valence-electron chi connectivity index (χ4n) is 2.79. The molecule has 5 nitrogen and oxygen atoms in total. The molecule has 0 unspecified atom stereocenters. The summed E-state index contributed by atoms with van der Waals surface area (Å²) in [4.78, 5) is 4.35. The zero-order valence-electron chi connectivity index (χ0n) is 11.4. The van der Waals surface area contributed by atoms with E-state index < -0.39 is 0 Å². The van der Waals surface area contributed by atoms with Crippen LogP contribution in [0.2, 0.25) is 0 Å². The van der Waals surface area contributed by atoms with Gasteiger partial charge in [-0.25, -0.2) is 4.98 Å². The summed E-state index contributed by atoms with van der Waals surface area (Å²) in [5.74, 6) is 0. The highest BCUT2D eigenvalue weighted by atomic mass is 15.3. The third kappa shape index (κ3) is 2.87. The lowest BCUT2D eigenvalue weighted by Gasteiger charge is -2.08. The molecule has 5 heteroatoms. The molecule has 102 valence electrons. The Morgan fingerprint density at radius 2 is 2.16 bits per heavy atom. The maximum absolute atomic E-state index is 4.70. The van der Waals surface area contributed by atoms with Crippen LogP contribution in [0.15, 0.2) is 24.8 Å². The second kappa shape index (κ2) is 5.57. The van der Waals surface area contributed by atoms with Crippen LogP contribution in [-0.2, 0) is 13.1 Å². The topological polar surface area (TPSA) is 47.7 Å². The molecule has 19 heavy (non-hydrogen) atoms. The number of nitrogens with zero attached hydrogens (tertiary/aromatic N) is 4. The molecule has 0 amide bonds. The number of imidazole rings is 1. The molecule has 0 aliphatic heterocycles. The second-order valence-corrected chi connectivity index (χ2v) is 5.29. The van der Waals surface area contributed by atoms with Crippen molar-refractivity contribution < 1.29 is 0 Å². The van der Waals surface area contributed by atoms with E-state index in [9.17, 15) is 0 Å². The van der Waals surface area contributed by atoms with Crippen LogP contribution in [0.4, 0.5) is 0 Å². The van der Waals surface area contributed by atoms with Crippen LogP contribution in [0.5, 0.6) is 0 Å². The van der Waals surface area contributed by atoms with Crippen LogP contribution >= 0.6 is 0 Å². The quantitative estimate of drug-likeness (QED) is 0.893. The summed E-state index contributed by atoms with van der Waals surface area (Å²) in [6.07, 6.45) is 11.3. The highest BCUT2D eigenvalue weighted by Crippen LogP contribution is 2.28. The van der Waals surface area contributed by atoms with E-state index in [0.29, 0.717) is 6.04 Å². The van der Waals surface area contributed by atoms with Crippen molar-refractivity contribution in [2.24, 2.45) is 0 Å². The van der Waals surface area contributed by atoms with Crippen molar-refractivity contribution in [2.75, 3.05) is 7.05 Å². The van der Waals surface area contributed by atoms with E-state index in [2.05, 4.69) is 38.0 Å². The van der Waals surface area contributed by atoms with Crippen molar-refractivity contribution in [3.8, 4) is 0 Å². The van der Waals surface area contributed by atoms with Gasteiger partial charge >= 0.3 is 0 Å². The maximum Gasteiger partial charge on any atom is 0.0953 e. The van der Waals surface area contributed by atoms with Gasteiger partial charge in [-0.3, -0.25) is 4.68 Å². The van der Waals surface area contributed by atoms with Crippen molar-refractivity contribution in [2.45, 2.75) is 44.8 Å². The largest absolute Gasteiger partial charge is 0.331 e. The van der Waals surface area contributed by atoms with E-state index in [0.717, 1.165) is 24.5 Å². The molecule has 2 heterocycles. The summed E-state index contributed by atoms with van der Waals surface area (Å²) < 4.78 is 4.24. The zero-order chi connectivity index (χ0) is 13.1. The molecule has 0 spiro atoms. The molecule has 2 aromatic rings. The number of hydrogen-bond donors (Lipinski definition) is 1. The summed E-state index contributed by atoms with van der Waals surface area (Å²) in [7, 11) is 1.93. The van der Waals surface area contributed by atoms with E-state index in [4.69, 9.17) is 5.10 Å². The first-order valence-electron chi connectivity index (χ1n) is 7.04. The molecule has 3 rings (SSSR count). The molecule has 1 fully saturated rings. The number of aromatic nitrogens is 4. The van der Waals surface area contributed by atoms with Crippen molar-refractivity contribution in [1.29, 1.82) is 0 Å². The summed E-state index contributed by atoms with van der Waals surface area (Å²) in [5, 5.41) is 7.80. The zero-order valence-corrected chi connectivity index (χ0v) is 11.4. The molecular weight excluding hydrogens is 238 g/mol. The molecule has 1 saturated carbocycles. The van der Waals surface area contributed by atoms with E-state index in [1.165, 1.54) is 25.7 Å². The van der Waals surface area contributed by atoms with Gasteiger partial charge in [0.1, 0.15) is 0 Å². The summed E-state index contributed by atoms with van der Waals surface area (Å²) in [6.45, 7) is 1.61. The highest BCUT2D eigenvalue weighted by Gasteiger charge is 2.17. The Morgan fingerprint density at radius 1 is 1.32 bits per heavy atom. The minimum Gasteiger partial charge on any atom is -0.331 e. The lowest BCUT2D eigenvalue weighted by Crippen LogP contribution is -2.07. The maximum atomic E-state index is 4.70. The van der Waals surface area contributed by atoms with Gasteiger partial charge < -0.3 is 9.88 Å². The second-order valence-electron chi connectivity index (χ2n) is 5.29. The Bertz CT molecular complexity index is 521. The summed E-state index contributed by atoms with van der Waals surface area (Å²) in [6, 6.07) is 2.74. The van der Waals surface area contributed by atoms with E-state index in [1.807, 2.05) is 13.4 Å². The molecule has 0 atom stereocenters. The van der Waals surface area contributed by atoms with Crippen molar-refractivity contribution in [1.82, 2.24) is 24.6 Å². The SMILES string of the molecule is CNCc1cn(Cc2ccn(C3CCCC3)n2)cn1. The van der Waals surface area contributed by atoms with Gasteiger partial charge in [-0.05, 0) is 26.0 Å². The average Bonchev–Trinajstić information content (AvgIpc) is 3.10. The van der Waals surface area contributed by atoms with Crippen molar-refractivity contribution in [3.05, 3.63) is 36.2 Å². The Balaban J connectivity index is 1.65. The number of rotatable bonds is 5. The van der Waals surface area contributed by atoms with Gasteiger partial charge in [-0.1, -0.05) is 12.8 Å². The Kier molecular flexibility index (Phi) is 3.64. The van der Waals surface area contributed by atoms with Crippen LogP contribution in [0.3, 0.4) is 0 Å². The standard InChI is InChI=1S/C14H21N5/c1-15-8-13-10-18(11-16-13)9-12-6-7-19(17-12)14-4-2-3-5-14/h6-7,10-11,14-15H,2-5,8-9H2,1H3. The lowest BCUT2D eigenvalue weighted by atomic mass is 10.3. The molecule has 0 radical (unpaired) electrons. The first-order valence-corrected chi connectivity index (χ1v) is 7.04. The molecule has 1 N–H and O–H groups in total. The normalized spacial score (nSPS) is 16.3. The third-order valence-electron chi connectivity index (χ3n) is 3.75. The molecule has 0 bridgehead atoms. The average molecular weight is 259 g/mol. The van der Waals surface area contributed by atoms with Crippen LogP contribution in [0, 0.1) is 0 Å². The smallest absolute Gasteiger partial charge is 0.0953 e. The first kappa shape index (κ1) is 12.4. The van der Waals surface area contributed by atoms with Gasteiger partial charge in [0.25, 0.3) is 0 Å². The Morgan fingerprint density at radius 3 is 2.95 bits per heavy atom. The number of nitrogens with one attached hydrogen (secondary N) is 1. The summed E-state index contributed by atoms with van der Waals surface area (Å²) in [5.41, 5.74) is 2.18. The molecule has 2 aromatic heterocycles. The minimum absolute atomic E-state index is 0.622. The van der Waals surface area contributed by atoms with Crippen LogP contribution in [-0.4, -0.2) is 26.4 Å². The van der Waals surface area contributed by atoms with Crippen LogP contribution in [0.1, 0.15) is 43.1 Å². The number of hydrogen-bond acceptors (Lipinski definition) is 3. The molecule has 1 aliphatic carbocycles. The monoisotopic (exact) mass is 259 g/mol. The van der Waals surface area contributed by atoms with E-state index in [1.54, 1.807) is 0 Å². The van der Waals surface area contributed by atoms with E-state index in [-0.39, 0.29) is 0 Å². The minimum atomic E-state index is 0.622. The molecule has 0 aromatic carbocycles.